The van der Waals surface area contributed by atoms with E-state index < -0.39 is 17.8 Å². The Morgan fingerprint density at radius 3 is 2.53 bits per heavy atom. The van der Waals surface area contributed by atoms with Crippen LogP contribution in [0.1, 0.15) is 29.7 Å². The number of rotatable bonds is 5. The first-order valence-corrected chi connectivity index (χ1v) is 11.6. The van der Waals surface area contributed by atoms with E-state index in [4.69, 9.17) is 9.84 Å². The van der Waals surface area contributed by atoms with Crippen LogP contribution < -0.4 is 15.4 Å². The number of ether oxygens (including phenoxy) is 1. The number of anilines is 2. The standard InChI is InChI=1S/C28H26FN5O2/c1-16-13-14-19(15-17(16)2)26-32-28-30-18(3)24(27(35)31-22-11-7-8-12-23(22)36-4)25(34(28)33-26)20-9-5-6-10-21(20)29/h5-15,25H,1-4H3,(H,31,35)(H,30,32,33). The number of halogens is 1. The van der Waals surface area contributed by atoms with Gasteiger partial charge in [-0.15, -0.1) is 5.10 Å². The molecular formula is C28H26FN5O2. The van der Waals surface area contributed by atoms with E-state index in [0.717, 1.165) is 16.7 Å². The van der Waals surface area contributed by atoms with Crippen LogP contribution >= 0.6 is 0 Å². The monoisotopic (exact) mass is 483 g/mol. The lowest BCUT2D eigenvalue weighted by molar-refractivity contribution is -0.113. The number of fused-ring (bicyclic) bond motifs is 1. The highest BCUT2D eigenvalue weighted by Gasteiger charge is 2.36. The first-order valence-electron chi connectivity index (χ1n) is 11.6. The molecule has 1 amide bonds. The second-order valence-electron chi connectivity index (χ2n) is 8.74. The highest BCUT2D eigenvalue weighted by Crippen LogP contribution is 2.38. The molecule has 0 aliphatic carbocycles. The number of nitrogens with zero attached hydrogens (tertiary/aromatic N) is 3. The molecular weight excluding hydrogens is 457 g/mol. The Hall–Kier alpha value is -4.46. The molecule has 0 radical (unpaired) electrons. The summed E-state index contributed by atoms with van der Waals surface area (Å²) in [6, 6.07) is 18.7. The summed E-state index contributed by atoms with van der Waals surface area (Å²) in [6.45, 7) is 5.85. The largest absolute Gasteiger partial charge is 0.495 e. The molecule has 1 atom stereocenters. The molecule has 0 spiro atoms. The Balaban J connectivity index is 1.62. The minimum absolute atomic E-state index is 0.321. The number of carbonyl (C=O) groups is 1. The number of aryl methyl sites for hydroxylation is 2. The molecule has 0 saturated heterocycles. The van der Waals surface area contributed by atoms with E-state index in [1.165, 1.54) is 13.2 Å². The van der Waals surface area contributed by atoms with Gasteiger partial charge in [0.15, 0.2) is 5.82 Å². The summed E-state index contributed by atoms with van der Waals surface area (Å²) in [4.78, 5) is 18.3. The molecule has 5 rings (SSSR count). The van der Waals surface area contributed by atoms with Crippen LogP contribution in [0.2, 0.25) is 0 Å². The van der Waals surface area contributed by atoms with Gasteiger partial charge in [0.25, 0.3) is 5.91 Å². The van der Waals surface area contributed by atoms with Crippen LogP contribution in [0.5, 0.6) is 5.75 Å². The maximum absolute atomic E-state index is 15.1. The number of para-hydroxylation sites is 2. The van der Waals surface area contributed by atoms with Gasteiger partial charge in [0, 0.05) is 16.8 Å². The summed E-state index contributed by atoms with van der Waals surface area (Å²) in [6.07, 6.45) is 0. The van der Waals surface area contributed by atoms with Crippen molar-refractivity contribution in [2.75, 3.05) is 17.7 Å². The molecule has 7 nitrogen and oxygen atoms in total. The minimum atomic E-state index is -0.829. The lowest BCUT2D eigenvalue weighted by Crippen LogP contribution is -2.32. The van der Waals surface area contributed by atoms with Gasteiger partial charge in [0.05, 0.1) is 18.4 Å². The van der Waals surface area contributed by atoms with E-state index >= 15 is 4.39 Å². The number of methoxy groups -OCH3 is 1. The maximum Gasteiger partial charge on any atom is 0.255 e. The second kappa shape index (κ2) is 9.30. The van der Waals surface area contributed by atoms with Crippen LogP contribution in [-0.4, -0.2) is 27.8 Å². The third-order valence-corrected chi connectivity index (χ3v) is 6.42. The van der Waals surface area contributed by atoms with Crippen molar-refractivity contribution in [3.63, 3.8) is 0 Å². The fourth-order valence-electron chi connectivity index (χ4n) is 4.37. The zero-order valence-corrected chi connectivity index (χ0v) is 20.5. The summed E-state index contributed by atoms with van der Waals surface area (Å²) in [7, 11) is 1.54. The zero-order chi connectivity index (χ0) is 25.4. The fourth-order valence-corrected chi connectivity index (χ4v) is 4.37. The quantitative estimate of drug-likeness (QED) is 0.384. The minimum Gasteiger partial charge on any atom is -0.495 e. The van der Waals surface area contributed by atoms with Gasteiger partial charge in [-0.25, -0.2) is 9.07 Å². The topological polar surface area (TPSA) is 81.1 Å². The summed E-state index contributed by atoms with van der Waals surface area (Å²) in [5, 5.41) is 10.8. The average Bonchev–Trinajstić information content (AvgIpc) is 3.29. The van der Waals surface area contributed by atoms with Crippen molar-refractivity contribution in [1.29, 1.82) is 0 Å². The molecule has 3 aromatic carbocycles. The Morgan fingerprint density at radius 1 is 1.03 bits per heavy atom. The predicted octanol–water partition coefficient (Wildman–Crippen LogP) is 5.64. The predicted molar refractivity (Wildman–Crippen MR) is 137 cm³/mol. The van der Waals surface area contributed by atoms with Crippen molar-refractivity contribution < 1.29 is 13.9 Å². The number of aromatic nitrogens is 3. The molecule has 36 heavy (non-hydrogen) atoms. The van der Waals surface area contributed by atoms with Crippen LogP contribution in [0.15, 0.2) is 78.0 Å². The lowest BCUT2D eigenvalue weighted by Gasteiger charge is -2.29. The van der Waals surface area contributed by atoms with Crippen molar-refractivity contribution in [2.45, 2.75) is 26.8 Å². The highest BCUT2D eigenvalue weighted by molar-refractivity contribution is 6.06. The van der Waals surface area contributed by atoms with Crippen molar-refractivity contribution in [3.8, 4) is 17.1 Å². The third-order valence-electron chi connectivity index (χ3n) is 6.42. The van der Waals surface area contributed by atoms with Crippen molar-refractivity contribution in [3.05, 3.63) is 101 Å². The number of allylic oxidation sites excluding steroid dienone is 1. The van der Waals surface area contributed by atoms with E-state index in [1.807, 2.05) is 38.1 Å². The molecule has 2 heterocycles. The molecule has 4 aromatic rings. The van der Waals surface area contributed by atoms with Gasteiger partial charge in [-0.05, 0) is 56.2 Å². The van der Waals surface area contributed by atoms with Crippen molar-refractivity contribution in [1.82, 2.24) is 14.8 Å². The smallest absolute Gasteiger partial charge is 0.255 e. The zero-order valence-electron chi connectivity index (χ0n) is 20.5. The Morgan fingerprint density at radius 2 is 1.78 bits per heavy atom. The average molecular weight is 484 g/mol. The van der Waals surface area contributed by atoms with Crippen LogP contribution in [0.4, 0.5) is 16.0 Å². The van der Waals surface area contributed by atoms with Gasteiger partial charge in [-0.3, -0.25) is 4.79 Å². The lowest BCUT2D eigenvalue weighted by atomic mass is 9.94. The molecule has 0 fully saturated rings. The number of carbonyl (C=O) groups excluding carboxylic acids is 1. The summed E-state index contributed by atoms with van der Waals surface area (Å²) in [5.41, 5.74) is 4.84. The van der Waals surface area contributed by atoms with Crippen molar-refractivity contribution in [2.24, 2.45) is 0 Å². The Bertz CT molecular complexity index is 1510. The molecule has 1 aliphatic rings. The SMILES string of the molecule is COc1ccccc1NC(=O)C1=C(C)Nc2nc(-c3ccc(C)c(C)c3)nn2C1c1ccccc1F. The van der Waals surface area contributed by atoms with E-state index in [0.29, 0.717) is 40.0 Å². The summed E-state index contributed by atoms with van der Waals surface area (Å²) in [5.74, 6) is 0.610. The summed E-state index contributed by atoms with van der Waals surface area (Å²) >= 11 is 0. The van der Waals surface area contributed by atoms with Crippen LogP contribution in [0.25, 0.3) is 11.4 Å². The van der Waals surface area contributed by atoms with Gasteiger partial charge in [0.1, 0.15) is 17.6 Å². The molecule has 182 valence electrons. The van der Waals surface area contributed by atoms with Crippen LogP contribution in [-0.2, 0) is 4.79 Å². The fraction of sp³-hybridized carbons (Fsp3) is 0.179. The number of amides is 1. The van der Waals surface area contributed by atoms with Gasteiger partial charge in [-0.1, -0.05) is 42.5 Å². The maximum atomic E-state index is 15.1. The molecule has 8 heteroatoms. The van der Waals surface area contributed by atoms with Gasteiger partial charge < -0.3 is 15.4 Å². The molecule has 0 bridgehead atoms. The third kappa shape index (κ3) is 4.11. The summed E-state index contributed by atoms with van der Waals surface area (Å²) < 4.78 is 22.1. The van der Waals surface area contributed by atoms with E-state index in [2.05, 4.69) is 15.6 Å². The normalized spacial score (nSPS) is 14.8. The van der Waals surface area contributed by atoms with Crippen LogP contribution in [0, 0.1) is 19.7 Å². The number of hydrogen-bond donors (Lipinski definition) is 2. The molecule has 1 unspecified atom stereocenters. The molecule has 1 aromatic heterocycles. The number of nitrogens with one attached hydrogen (secondary N) is 2. The first-order chi connectivity index (χ1) is 17.4. The Labute approximate surface area is 208 Å². The van der Waals surface area contributed by atoms with Gasteiger partial charge in [0.2, 0.25) is 5.95 Å². The molecule has 0 saturated carbocycles. The van der Waals surface area contributed by atoms with Gasteiger partial charge in [-0.2, -0.15) is 4.98 Å². The Kier molecular flexibility index (Phi) is 6.01. The van der Waals surface area contributed by atoms with E-state index in [-0.39, 0.29) is 0 Å². The van der Waals surface area contributed by atoms with E-state index in [1.54, 1.807) is 48.0 Å². The highest BCUT2D eigenvalue weighted by atomic mass is 19.1. The number of benzene rings is 3. The molecule has 1 aliphatic heterocycles. The van der Waals surface area contributed by atoms with Crippen LogP contribution in [0.3, 0.4) is 0 Å². The molecule has 2 N–H and O–H groups in total. The second-order valence-corrected chi connectivity index (χ2v) is 8.74. The first kappa shape index (κ1) is 23.3. The number of hydrogen-bond acceptors (Lipinski definition) is 5. The van der Waals surface area contributed by atoms with Crippen molar-refractivity contribution >= 4 is 17.5 Å². The van der Waals surface area contributed by atoms with E-state index in [9.17, 15) is 4.79 Å². The van der Waals surface area contributed by atoms with Gasteiger partial charge >= 0.3 is 0 Å².